The molecule has 0 bridgehead atoms. The van der Waals surface area contributed by atoms with Crippen molar-refractivity contribution in [2.24, 2.45) is 0 Å². The van der Waals surface area contributed by atoms with Crippen LogP contribution < -0.4 is 9.64 Å². The number of rotatable bonds is 6. The van der Waals surface area contributed by atoms with Crippen LogP contribution in [-0.4, -0.2) is 53.7 Å². The molecule has 2 aromatic carbocycles. The summed E-state index contributed by atoms with van der Waals surface area (Å²) in [4.78, 5) is 5.83. The number of anilines is 1. The van der Waals surface area contributed by atoms with Crippen LogP contribution in [-0.2, 0) is 4.74 Å². The molecule has 3 heterocycles. The SMILES string of the molecule is COc1ccc([C@@H](O)c2cc(-c3cc(C(F)F)nc4cc(N5CCOCC5)cc(F)c34)c(F)cc2Cl)nn1. The minimum absolute atomic E-state index is 0.0245. The minimum Gasteiger partial charge on any atom is -0.480 e. The minimum atomic E-state index is -3.00. The van der Waals surface area contributed by atoms with Crippen LogP contribution in [0.2, 0.25) is 5.02 Å². The zero-order chi connectivity index (χ0) is 27.0. The topological polar surface area (TPSA) is 80.6 Å². The molecule has 0 amide bonds. The second-order valence-corrected chi connectivity index (χ2v) is 8.98. The van der Waals surface area contributed by atoms with E-state index >= 15 is 8.78 Å². The maximum atomic E-state index is 15.6. The van der Waals surface area contributed by atoms with E-state index in [4.69, 9.17) is 21.1 Å². The van der Waals surface area contributed by atoms with Gasteiger partial charge in [-0.05, 0) is 42.0 Å². The van der Waals surface area contributed by atoms with Crippen LogP contribution in [0, 0.1) is 11.6 Å². The highest BCUT2D eigenvalue weighted by atomic mass is 35.5. The van der Waals surface area contributed by atoms with Crippen LogP contribution in [0.15, 0.2) is 42.5 Å². The molecule has 7 nitrogen and oxygen atoms in total. The van der Waals surface area contributed by atoms with Gasteiger partial charge >= 0.3 is 0 Å². The number of morpholine rings is 1. The number of aliphatic hydroxyl groups is 1. The van der Waals surface area contributed by atoms with Gasteiger partial charge in [-0.1, -0.05) is 11.6 Å². The molecule has 1 aliphatic rings. The fraction of sp³-hybridized carbons (Fsp3) is 0.269. The summed E-state index contributed by atoms with van der Waals surface area (Å²) >= 11 is 6.24. The molecule has 0 saturated carbocycles. The van der Waals surface area contributed by atoms with Gasteiger partial charge in [0, 0.05) is 46.4 Å². The highest BCUT2D eigenvalue weighted by Gasteiger charge is 2.24. The molecule has 2 aromatic heterocycles. The van der Waals surface area contributed by atoms with Gasteiger partial charge in [-0.2, -0.15) is 0 Å². The Hall–Kier alpha value is -3.54. The quantitative estimate of drug-likeness (QED) is 0.319. The molecule has 4 aromatic rings. The number of fused-ring (bicyclic) bond motifs is 1. The number of ether oxygens (including phenoxy) is 2. The Morgan fingerprint density at radius 2 is 1.74 bits per heavy atom. The Kier molecular flexibility index (Phi) is 7.33. The first-order chi connectivity index (χ1) is 18.3. The third kappa shape index (κ3) is 4.96. The smallest absolute Gasteiger partial charge is 0.280 e. The number of hydrogen-bond donors (Lipinski definition) is 1. The number of methoxy groups -OCH3 is 1. The highest BCUT2D eigenvalue weighted by Crippen LogP contribution is 2.40. The molecular weight excluding hydrogens is 528 g/mol. The Labute approximate surface area is 219 Å². The van der Waals surface area contributed by atoms with Crippen LogP contribution >= 0.6 is 11.6 Å². The first kappa shape index (κ1) is 26.1. The lowest BCUT2D eigenvalue weighted by Gasteiger charge is -2.29. The van der Waals surface area contributed by atoms with E-state index in [1.807, 2.05) is 4.90 Å². The van der Waals surface area contributed by atoms with Crippen molar-refractivity contribution < 1.29 is 32.1 Å². The maximum absolute atomic E-state index is 15.6. The third-order valence-corrected chi connectivity index (χ3v) is 6.61. The Balaban J connectivity index is 1.67. The van der Waals surface area contributed by atoms with Gasteiger partial charge in [-0.3, -0.25) is 0 Å². The lowest BCUT2D eigenvalue weighted by Crippen LogP contribution is -2.36. The number of hydrogen-bond acceptors (Lipinski definition) is 7. The number of aliphatic hydroxyl groups excluding tert-OH is 1. The lowest BCUT2D eigenvalue weighted by molar-refractivity contribution is 0.122. The van der Waals surface area contributed by atoms with Crippen molar-refractivity contribution in [2.45, 2.75) is 12.5 Å². The molecule has 1 atom stereocenters. The first-order valence-corrected chi connectivity index (χ1v) is 11.9. The Morgan fingerprint density at radius 3 is 2.39 bits per heavy atom. The van der Waals surface area contributed by atoms with Crippen LogP contribution in [0.4, 0.5) is 23.2 Å². The van der Waals surface area contributed by atoms with Crippen molar-refractivity contribution in [3.8, 4) is 17.0 Å². The van der Waals surface area contributed by atoms with Crippen molar-refractivity contribution in [1.29, 1.82) is 0 Å². The predicted molar refractivity (Wildman–Crippen MR) is 133 cm³/mol. The van der Waals surface area contributed by atoms with Gasteiger partial charge in [0.1, 0.15) is 23.4 Å². The summed E-state index contributed by atoms with van der Waals surface area (Å²) in [5.41, 5.74) is -0.540. The summed E-state index contributed by atoms with van der Waals surface area (Å²) in [5.74, 6) is -1.44. The number of pyridine rings is 1. The standard InChI is InChI=1S/C26H21ClF4N4O3/c1-37-23-3-2-20(33-34-23)25(36)16-10-14(18(28)12-17(16)27)15-11-22(26(30)31)32-21-9-13(8-19(29)24(15)21)35-4-6-38-7-5-35/h2-3,8-12,25-26,36H,4-7H2,1H3/t25-/m0/s1. The van der Waals surface area contributed by atoms with Crippen molar-refractivity contribution in [3.63, 3.8) is 0 Å². The number of benzene rings is 2. The van der Waals surface area contributed by atoms with Gasteiger partial charge < -0.3 is 19.5 Å². The molecule has 0 unspecified atom stereocenters. The molecule has 1 aliphatic heterocycles. The Bertz CT molecular complexity index is 1480. The third-order valence-electron chi connectivity index (χ3n) is 6.29. The first-order valence-electron chi connectivity index (χ1n) is 11.6. The lowest BCUT2D eigenvalue weighted by atomic mass is 9.95. The fourth-order valence-corrected chi connectivity index (χ4v) is 4.63. The van der Waals surface area contributed by atoms with Crippen molar-refractivity contribution in [2.75, 3.05) is 38.3 Å². The molecule has 12 heteroatoms. The number of nitrogens with zero attached hydrogens (tertiary/aromatic N) is 4. The molecule has 0 spiro atoms. The fourth-order valence-electron chi connectivity index (χ4n) is 4.38. The summed E-state index contributed by atoms with van der Waals surface area (Å²) in [7, 11) is 1.40. The van der Waals surface area contributed by atoms with E-state index in [1.54, 1.807) is 0 Å². The van der Waals surface area contributed by atoms with E-state index in [1.165, 1.54) is 37.4 Å². The molecule has 0 radical (unpaired) electrons. The number of halogens is 5. The van der Waals surface area contributed by atoms with Gasteiger partial charge in [0.05, 0.1) is 31.5 Å². The average molecular weight is 549 g/mol. The maximum Gasteiger partial charge on any atom is 0.280 e. The van der Waals surface area contributed by atoms with Gasteiger partial charge in [-0.15, -0.1) is 10.2 Å². The zero-order valence-corrected chi connectivity index (χ0v) is 20.7. The monoisotopic (exact) mass is 548 g/mol. The van der Waals surface area contributed by atoms with Crippen LogP contribution in [0.3, 0.4) is 0 Å². The number of alkyl halides is 2. The average Bonchev–Trinajstić information content (AvgIpc) is 2.92. The normalized spacial score (nSPS) is 14.8. The summed E-state index contributed by atoms with van der Waals surface area (Å²) in [6.45, 7) is 1.87. The molecule has 1 fully saturated rings. The van der Waals surface area contributed by atoms with E-state index in [2.05, 4.69) is 15.2 Å². The second kappa shape index (κ2) is 10.7. The van der Waals surface area contributed by atoms with Crippen LogP contribution in [0.1, 0.15) is 29.5 Å². The van der Waals surface area contributed by atoms with Gasteiger partial charge in [0.2, 0.25) is 5.88 Å². The zero-order valence-electron chi connectivity index (χ0n) is 20.0. The van der Waals surface area contributed by atoms with Crippen LogP contribution in [0.25, 0.3) is 22.0 Å². The molecule has 198 valence electrons. The van der Waals surface area contributed by atoms with Gasteiger partial charge in [0.15, 0.2) is 0 Å². The molecule has 38 heavy (non-hydrogen) atoms. The molecule has 1 saturated heterocycles. The van der Waals surface area contributed by atoms with E-state index in [9.17, 15) is 13.9 Å². The van der Waals surface area contributed by atoms with E-state index in [0.717, 1.165) is 12.1 Å². The van der Waals surface area contributed by atoms with Crippen molar-refractivity contribution >= 4 is 28.2 Å². The van der Waals surface area contributed by atoms with Gasteiger partial charge in [0.25, 0.3) is 6.43 Å². The predicted octanol–water partition coefficient (Wildman–Crippen LogP) is 5.49. The van der Waals surface area contributed by atoms with E-state index in [0.29, 0.717) is 32.0 Å². The summed E-state index contributed by atoms with van der Waals surface area (Å²) in [6.07, 6.45) is -4.44. The summed E-state index contributed by atoms with van der Waals surface area (Å²) in [5, 5.41) is 18.3. The van der Waals surface area contributed by atoms with Crippen LogP contribution in [0.5, 0.6) is 5.88 Å². The number of aromatic nitrogens is 3. The summed E-state index contributed by atoms with van der Waals surface area (Å²) < 4.78 is 68.8. The second-order valence-electron chi connectivity index (χ2n) is 8.57. The molecule has 0 aliphatic carbocycles. The van der Waals surface area contributed by atoms with Gasteiger partial charge in [-0.25, -0.2) is 22.5 Å². The largest absolute Gasteiger partial charge is 0.480 e. The highest BCUT2D eigenvalue weighted by molar-refractivity contribution is 6.31. The van der Waals surface area contributed by atoms with E-state index in [-0.39, 0.29) is 44.2 Å². The molecule has 1 N–H and O–H groups in total. The summed E-state index contributed by atoms with van der Waals surface area (Å²) in [6, 6.07) is 8.73. The Morgan fingerprint density at radius 1 is 0.974 bits per heavy atom. The van der Waals surface area contributed by atoms with Crippen molar-refractivity contribution in [1.82, 2.24) is 15.2 Å². The van der Waals surface area contributed by atoms with E-state index < -0.39 is 29.9 Å². The molecule has 5 rings (SSSR count). The molecular formula is C26H21ClF4N4O3. The van der Waals surface area contributed by atoms with Crippen molar-refractivity contribution in [3.05, 3.63) is 76.1 Å².